The standard InChI is InChI=1S/C4H6N2O3/c1-2(4(8)9)3(7)6-5/h1,5H2,(H,6,7)(H,8,9). The summed E-state index contributed by atoms with van der Waals surface area (Å²) in [6.45, 7) is 2.93. The second-order valence-electron chi connectivity index (χ2n) is 1.26. The summed E-state index contributed by atoms with van der Waals surface area (Å²) < 4.78 is 0. The molecule has 50 valence electrons. The van der Waals surface area contributed by atoms with E-state index in [0.29, 0.717) is 0 Å². The Morgan fingerprint density at radius 3 is 2.11 bits per heavy atom. The average molecular weight is 130 g/mol. The van der Waals surface area contributed by atoms with Crippen molar-refractivity contribution in [3.63, 3.8) is 0 Å². The summed E-state index contributed by atoms with van der Waals surface area (Å²) >= 11 is 0. The molecule has 0 bridgehead atoms. The Hall–Kier alpha value is -1.36. The summed E-state index contributed by atoms with van der Waals surface area (Å²) in [6, 6.07) is 0. The van der Waals surface area contributed by atoms with Gasteiger partial charge in [-0.05, 0) is 0 Å². The van der Waals surface area contributed by atoms with Gasteiger partial charge in [0.1, 0.15) is 5.57 Å². The van der Waals surface area contributed by atoms with E-state index < -0.39 is 17.4 Å². The molecule has 0 rings (SSSR count). The molecule has 4 N–H and O–H groups in total. The van der Waals surface area contributed by atoms with E-state index in [1.807, 2.05) is 0 Å². The molecule has 0 heterocycles. The van der Waals surface area contributed by atoms with Crippen LogP contribution in [0.2, 0.25) is 0 Å². The van der Waals surface area contributed by atoms with Crippen LogP contribution in [0.25, 0.3) is 0 Å². The lowest BCUT2D eigenvalue weighted by atomic mass is 10.3. The number of carbonyl (C=O) groups excluding carboxylic acids is 1. The molecule has 0 spiro atoms. The number of amides is 1. The van der Waals surface area contributed by atoms with E-state index >= 15 is 0 Å². The molecule has 9 heavy (non-hydrogen) atoms. The van der Waals surface area contributed by atoms with Crippen molar-refractivity contribution in [2.24, 2.45) is 5.84 Å². The van der Waals surface area contributed by atoms with Crippen molar-refractivity contribution < 1.29 is 14.7 Å². The fraction of sp³-hybridized carbons (Fsp3) is 0. The Balaban J connectivity index is 4.05. The van der Waals surface area contributed by atoms with Crippen molar-refractivity contribution in [3.05, 3.63) is 12.2 Å². The van der Waals surface area contributed by atoms with Crippen LogP contribution in [0.4, 0.5) is 0 Å². The molecule has 0 aliphatic carbocycles. The van der Waals surface area contributed by atoms with Crippen molar-refractivity contribution in [1.29, 1.82) is 0 Å². The van der Waals surface area contributed by atoms with Crippen molar-refractivity contribution in [2.75, 3.05) is 0 Å². The van der Waals surface area contributed by atoms with Gasteiger partial charge in [0.2, 0.25) is 0 Å². The number of aliphatic carboxylic acids is 1. The first-order chi connectivity index (χ1) is 4.09. The smallest absolute Gasteiger partial charge is 0.340 e. The Morgan fingerprint density at radius 1 is 1.56 bits per heavy atom. The van der Waals surface area contributed by atoms with E-state index in [2.05, 4.69) is 12.4 Å². The number of nitrogens with one attached hydrogen (secondary N) is 1. The van der Waals surface area contributed by atoms with Crippen LogP contribution in [0.1, 0.15) is 0 Å². The highest BCUT2D eigenvalue weighted by atomic mass is 16.4. The van der Waals surface area contributed by atoms with Crippen LogP contribution in [-0.2, 0) is 9.59 Å². The monoisotopic (exact) mass is 130 g/mol. The maximum absolute atomic E-state index is 10.2. The molecule has 0 radical (unpaired) electrons. The normalized spacial score (nSPS) is 8.11. The fourth-order valence-corrected chi connectivity index (χ4v) is 0.184. The van der Waals surface area contributed by atoms with Gasteiger partial charge in [-0.3, -0.25) is 10.2 Å². The minimum Gasteiger partial charge on any atom is -0.478 e. The molecule has 0 aromatic rings. The van der Waals surface area contributed by atoms with E-state index in [9.17, 15) is 9.59 Å². The summed E-state index contributed by atoms with van der Waals surface area (Å²) in [5.41, 5.74) is 1.06. The first-order valence-electron chi connectivity index (χ1n) is 2.02. The predicted octanol–water partition coefficient (Wildman–Crippen LogP) is -1.38. The van der Waals surface area contributed by atoms with Crippen molar-refractivity contribution in [1.82, 2.24) is 5.43 Å². The highest BCUT2D eigenvalue weighted by Crippen LogP contribution is 1.86. The number of carboxylic acids is 1. The van der Waals surface area contributed by atoms with Gasteiger partial charge in [-0.2, -0.15) is 0 Å². The van der Waals surface area contributed by atoms with Crippen molar-refractivity contribution >= 4 is 11.9 Å². The van der Waals surface area contributed by atoms with Gasteiger partial charge in [0.05, 0.1) is 0 Å². The van der Waals surface area contributed by atoms with Gasteiger partial charge in [0, 0.05) is 0 Å². The zero-order chi connectivity index (χ0) is 7.44. The molecule has 0 saturated heterocycles. The lowest BCUT2D eigenvalue weighted by Crippen LogP contribution is -2.33. The number of nitrogens with two attached hydrogens (primary N) is 1. The quantitative estimate of drug-likeness (QED) is 0.107. The highest BCUT2D eigenvalue weighted by molar-refractivity contribution is 6.14. The molecule has 0 aromatic carbocycles. The number of carbonyl (C=O) groups is 2. The van der Waals surface area contributed by atoms with Gasteiger partial charge < -0.3 is 5.11 Å². The number of hydrogen-bond acceptors (Lipinski definition) is 3. The second kappa shape index (κ2) is 2.83. The lowest BCUT2D eigenvalue weighted by Gasteiger charge is -1.94. The maximum atomic E-state index is 10.2. The summed E-state index contributed by atoms with van der Waals surface area (Å²) in [6.07, 6.45) is 0. The molecule has 0 fully saturated rings. The summed E-state index contributed by atoms with van der Waals surface area (Å²) in [7, 11) is 0. The Kier molecular flexibility index (Phi) is 2.40. The van der Waals surface area contributed by atoms with Crippen LogP contribution >= 0.6 is 0 Å². The molecule has 5 heteroatoms. The van der Waals surface area contributed by atoms with Crippen LogP contribution in [0, 0.1) is 0 Å². The summed E-state index contributed by atoms with van der Waals surface area (Å²) in [5.74, 6) is 2.32. The molecule has 5 nitrogen and oxygen atoms in total. The SMILES string of the molecule is C=C(C(=O)O)C(=O)NN. The number of hydrazine groups is 1. The molecule has 0 aliphatic heterocycles. The predicted molar refractivity (Wildman–Crippen MR) is 29.1 cm³/mol. The topological polar surface area (TPSA) is 92.4 Å². The van der Waals surface area contributed by atoms with Crippen LogP contribution in [0.5, 0.6) is 0 Å². The number of rotatable bonds is 2. The molecule has 0 aliphatic rings. The van der Waals surface area contributed by atoms with Crippen molar-refractivity contribution in [3.8, 4) is 0 Å². The van der Waals surface area contributed by atoms with Gasteiger partial charge in [-0.25, -0.2) is 10.6 Å². The van der Waals surface area contributed by atoms with Gasteiger partial charge in [-0.1, -0.05) is 6.58 Å². The van der Waals surface area contributed by atoms with Gasteiger partial charge >= 0.3 is 5.97 Å². The minimum absolute atomic E-state index is 0.572. The van der Waals surface area contributed by atoms with E-state index in [1.54, 1.807) is 5.43 Å². The highest BCUT2D eigenvalue weighted by Gasteiger charge is 2.11. The molecular formula is C4H6N2O3. The molecule has 1 amide bonds. The van der Waals surface area contributed by atoms with Crippen LogP contribution in [-0.4, -0.2) is 17.0 Å². The van der Waals surface area contributed by atoms with E-state index in [-0.39, 0.29) is 0 Å². The van der Waals surface area contributed by atoms with E-state index in [0.717, 1.165) is 0 Å². The van der Waals surface area contributed by atoms with Gasteiger partial charge in [0.25, 0.3) is 5.91 Å². The van der Waals surface area contributed by atoms with Gasteiger partial charge in [-0.15, -0.1) is 0 Å². The second-order valence-corrected chi connectivity index (χ2v) is 1.26. The van der Waals surface area contributed by atoms with Crippen LogP contribution in [0.15, 0.2) is 12.2 Å². The summed E-state index contributed by atoms with van der Waals surface area (Å²) in [5, 5.41) is 8.07. The first kappa shape index (κ1) is 7.64. The largest absolute Gasteiger partial charge is 0.478 e. The van der Waals surface area contributed by atoms with Crippen LogP contribution < -0.4 is 11.3 Å². The Labute approximate surface area is 51.1 Å². The molecule has 0 saturated carbocycles. The molecule has 0 aromatic heterocycles. The van der Waals surface area contributed by atoms with E-state index in [1.165, 1.54) is 0 Å². The van der Waals surface area contributed by atoms with Crippen LogP contribution in [0.3, 0.4) is 0 Å². The minimum atomic E-state index is -1.38. The first-order valence-corrected chi connectivity index (χ1v) is 2.02. The third kappa shape index (κ3) is 1.92. The lowest BCUT2D eigenvalue weighted by molar-refractivity contribution is -0.134. The average Bonchev–Trinajstić information content (AvgIpc) is 1.84. The zero-order valence-corrected chi connectivity index (χ0v) is 4.55. The third-order valence-electron chi connectivity index (χ3n) is 0.663. The Bertz CT molecular complexity index is 163. The number of carboxylic acid groups (broad SMARTS) is 1. The zero-order valence-electron chi connectivity index (χ0n) is 4.55. The molecule has 0 unspecified atom stereocenters. The summed E-state index contributed by atoms with van der Waals surface area (Å²) in [4.78, 5) is 20.1. The fourth-order valence-electron chi connectivity index (χ4n) is 0.184. The maximum Gasteiger partial charge on any atom is 0.340 e. The third-order valence-corrected chi connectivity index (χ3v) is 0.663. The Morgan fingerprint density at radius 2 is 2.00 bits per heavy atom. The number of hydrogen-bond donors (Lipinski definition) is 3. The van der Waals surface area contributed by atoms with Gasteiger partial charge in [0.15, 0.2) is 0 Å². The molecule has 0 atom stereocenters. The van der Waals surface area contributed by atoms with E-state index in [4.69, 9.17) is 5.11 Å². The molecular weight excluding hydrogens is 124 g/mol. The van der Waals surface area contributed by atoms with Crippen molar-refractivity contribution in [2.45, 2.75) is 0 Å².